The molecular weight excluding hydrogens is 274 g/mol. The molecule has 0 spiro atoms. The summed E-state index contributed by atoms with van der Waals surface area (Å²) in [6.07, 6.45) is 2.27. The van der Waals surface area contributed by atoms with Crippen molar-refractivity contribution in [2.24, 2.45) is 5.92 Å². The molecule has 1 aromatic rings. The van der Waals surface area contributed by atoms with Gasteiger partial charge in [0, 0.05) is 12.7 Å². The molecule has 3 N–H and O–H groups in total. The van der Waals surface area contributed by atoms with Crippen LogP contribution < -0.4 is 5.32 Å². The molecule has 2 amide bonds. The minimum atomic E-state index is -1.03. The molecule has 114 valence electrons. The maximum atomic E-state index is 12.1. The van der Waals surface area contributed by atoms with Gasteiger partial charge < -0.3 is 20.4 Å². The first kappa shape index (κ1) is 15.2. The molecular formula is C14H19N3O4. The highest BCUT2D eigenvalue weighted by Gasteiger charge is 2.33. The lowest BCUT2D eigenvalue weighted by Gasteiger charge is -2.25. The van der Waals surface area contributed by atoms with Crippen LogP contribution in [0.4, 0.5) is 4.79 Å². The predicted molar refractivity (Wildman–Crippen MR) is 74.8 cm³/mol. The molecule has 2 rings (SSSR count). The molecule has 0 saturated carbocycles. The van der Waals surface area contributed by atoms with Crippen molar-refractivity contribution in [3.8, 4) is 0 Å². The van der Waals surface area contributed by atoms with Gasteiger partial charge in [0.25, 0.3) is 0 Å². The van der Waals surface area contributed by atoms with Crippen molar-refractivity contribution in [3.63, 3.8) is 0 Å². The number of urea groups is 1. The molecule has 7 nitrogen and oxygen atoms in total. The number of carbonyl (C=O) groups excluding carboxylic acids is 1. The van der Waals surface area contributed by atoms with E-state index in [2.05, 4.69) is 10.3 Å². The lowest BCUT2D eigenvalue weighted by molar-refractivity contribution is 0.0696. The van der Waals surface area contributed by atoms with Crippen LogP contribution in [0.5, 0.6) is 0 Å². The first-order chi connectivity index (χ1) is 10.0. The highest BCUT2D eigenvalue weighted by Crippen LogP contribution is 2.23. The van der Waals surface area contributed by atoms with Crippen LogP contribution in [0.2, 0.25) is 0 Å². The molecule has 2 heterocycles. The number of carbonyl (C=O) groups is 2. The number of pyridine rings is 1. The van der Waals surface area contributed by atoms with Gasteiger partial charge >= 0.3 is 12.0 Å². The van der Waals surface area contributed by atoms with Crippen LogP contribution in [0.1, 0.15) is 29.4 Å². The second-order valence-electron chi connectivity index (χ2n) is 5.21. The van der Waals surface area contributed by atoms with Crippen LogP contribution in [-0.4, -0.2) is 51.3 Å². The average Bonchev–Trinajstić information content (AvgIpc) is 2.86. The maximum Gasteiger partial charge on any atom is 0.335 e. The number of aromatic nitrogens is 1. The highest BCUT2D eigenvalue weighted by atomic mass is 16.4. The molecule has 0 aromatic carbocycles. The van der Waals surface area contributed by atoms with E-state index < -0.39 is 5.97 Å². The van der Waals surface area contributed by atoms with E-state index in [1.165, 1.54) is 18.3 Å². The molecule has 2 atom stereocenters. The minimum absolute atomic E-state index is 0.0542. The van der Waals surface area contributed by atoms with Crippen molar-refractivity contribution in [3.05, 3.63) is 29.6 Å². The van der Waals surface area contributed by atoms with Crippen molar-refractivity contribution >= 4 is 12.0 Å². The lowest BCUT2D eigenvalue weighted by Crippen LogP contribution is -2.45. The van der Waals surface area contributed by atoms with Gasteiger partial charge in [0.1, 0.15) is 0 Å². The first-order valence-corrected chi connectivity index (χ1v) is 6.86. The third kappa shape index (κ3) is 3.49. The maximum absolute atomic E-state index is 12.1. The number of aliphatic hydroxyl groups is 1. The summed E-state index contributed by atoms with van der Waals surface area (Å²) in [5.41, 5.74) is 0.619. The highest BCUT2D eigenvalue weighted by molar-refractivity contribution is 5.87. The Balaban J connectivity index is 1.95. The number of carboxylic acid groups (broad SMARTS) is 1. The van der Waals surface area contributed by atoms with Crippen LogP contribution in [0.3, 0.4) is 0 Å². The fourth-order valence-corrected chi connectivity index (χ4v) is 2.51. The Labute approximate surface area is 122 Å². The molecule has 2 unspecified atom stereocenters. The van der Waals surface area contributed by atoms with Gasteiger partial charge in [-0.1, -0.05) is 6.92 Å². The van der Waals surface area contributed by atoms with Crippen LogP contribution in [-0.2, 0) is 6.54 Å². The average molecular weight is 293 g/mol. The number of nitrogens with zero attached hydrogens (tertiary/aromatic N) is 2. The van der Waals surface area contributed by atoms with Gasteiger partial charge in [-0.3, -0.25) is 4.98 Å². The number of hydrogen-bond acceptors (Lipinski definition) is 4. The summed E-state index contributed by atoms with van der Waals surface area (Å²) >= 11 is 0. The number of carboxylic acids is 1. The van der Waals surface area contributed by atoms with Crippen molar-refractivity contribution in [1.82, 2.24) is 15.2 Å². The van der Waals surface area contributed by atoms with E-state index in [1.807, 2.05) is 6.92 Å². The van der Waals surface area contributed by atoms with Gasteiger partial charge in [0.2, 0.25) is 0 Å². The van der Waals surface area contributed by atoms with E-state index in [0.29, 0.717) is 12.2 Å². The summed E-state index contributed by atoms with van der Waals surface area (Å²) < 4.78 is 0. The van der Waals surface area contributed by atoms with E-state index >= 15 is 0 Å². The zero-order chi connectivity index (χ0) is 15.4. The number of aromatic carboxylic acids is 1. The van der Waals surface area contributed by atoms with E-state index in [0.717, 1.165) is 6.42 Å². The molecule has 0 radical (unpaired) electrons. The van der Waals surface area contributed by atoms with Crippen molar-refractivity contribution in [2.75, 3.05) is 13.2 Å². The number of amides is 2. The standard InChI is InChI=1S/C14H19N3O4/c1-9-3-5-17(12(9)8-18)14(21)16-7-11-6-10(13(19)20)2-4-15-11/h2,4,6,9,12,18H,3,5,7-8H2,1H3,(H,16,21)(H,19,20). The van der Waals surface area contributed by atoms with Gasteiger partial charge in [-0.2, -0.15) is 0 Å². The second kappa shape index (κ2) is 6.53. The van der Waals surface area contributed by atoms with E-state index in [9.17, 15) is 14.7 Å². The minimum Gasteiger partial charge on any atom is -0.478 e. The second-order valence-corrected chi connectivity index (χ2v) is 5.21. The fraction of sp³-hybridized carbons (Fsp3) is 0.500. The lowest BCUT2D eigenvalue weighted by atomic mass is 10.0. The topological polar surface area (TPSA) is 103 Å². The third-order valence-electron chi connectivity index (χ3n) is 3.81. The summed E-state index contributed by atoms with van der Waals surface area (Å²) in [7, 11) is 0. The quantitative estimate of drug-likeness (QED) is 0.758. The molecule has 1 fully saturated rings. The Morgan fingerprint density at radius 1 is 1.52 bits per heavy atom. The summed E-state index contributed by atoms with van der Waals surface area (Å²) in [5, 5.41) is 21.0. The monoisotopic (exact) mass is 293 g/mol. The number of nitrogens with one attached hydrogen (secondary N) is 1. The van der Waals surface area contributed by atoms with Crippen LogP contribution in [0, 0.1) is 5.92 Å². The largest absolute Gasteiger partial charge is 0.478 e. The van der Waals surface area contributed by atoms with Crippen molar-refractivity contribution in [1.29, 1.82) is 0 Å². The molecule has 1 aliphatic heterocycles. The zero-order valence-electron chi connectivity index (χ0n) is 11.8. The number of aliphatic hydroxyl groups excluding tert-OH is 1. The predicted octanol–water partition coefficient (Wildman–Crippen LogP) is 0.692. The number of hydrogen-bond donors (Lipinski definition) is 3. The molecule has 1 saturated heterocycles. The molecule has 0 bridgehead atoms. The SMILES string of the molecule is CC1CCN(C(=O)NCc2cc(C(=O)O)ccn2)C1CO. The summed E-state index contributed by atoms with van der Waals surface area (Å²) in [4.78, 5) is 28.6. The van der Waals surface area contributed by atoms with Gasteiger partial charge in [-0.05, 0) is 24.5 Å². The number of rotatable bonds is 4. The van der Waals surface area contributed by atoms with Gasteiger partial charge in [0.05, 0.1) is 30.5 Å². The van der Waals surface area contributed by atoms with Crippen LogP contribution in [0.25, 0.3) is 0 Å². The summed E-state index contributed by atoms with van der Waals surface area (Å²) in [5.74, 6) is -0.757. The Morgan fingerprint density at radius 2 is 2.29 bits per heavy atom. The molecule has 1 aromatic heterocycles. The van der Waals surface area contributed by atoms with E-state index in [4.69, 9.17) is 5.11 Å². The van der Waals surface area contributed by atoms with E-state index in [-0.39, 0.29) is 36.7 Å². The summed E-state index contributed by atoms with van der Waals surface area (Å²) in [6, 6.07) is 2.40. The Kier molecular flexibility index (Phi) is 4.74. The first-order valence-electron chi connectivity index (χ1n) is 6.86. The molecule has 21 heavy (non-hydrogen) atoms. The third-order valence-corrected chi connectivity index (χ3v) is 3.81. The van der Waals surface area contributed by atoms with Crippen molar-refractivity contribution in [2.45, 2.75) is 25.9 Å². The van der Waals surface area contributed by atoms with Crippen LogP contribution >= 0.6 is 0 Å². The smallest absolute Gasteiger partial charge is 0.335 e. The normalized spacial score (nSPS) is 21.3. The molecule has 7 heteroatoms. The zero-order valence-corrected chi connectivity index (χ0v) is 11.8. The fourth-order valence-electron chi connectivity index (χ4n) is 2.51. The summed E-state index contributed by atoms with van der Waals surface area (Å²) in [6.45, 7) is 2.72. The van der Waals surface area contributed by atoms with Gasteiger partial charge in [-0.15, -0.1) is 0 Å². The number of likely N-dealkylation sites (tertiary alicyclic amines) is 1. The Hall–Kier alpha value is -2.15. The van der Waals surface area contributed by atoms with E-state index in [1.54, 1.807) is 4.90 Å². The van der Waals surface area contributed by atoms with Crippen LogP contribution in [0.15, 0.2) is 18.3 Å². The Morgan fingerprint density at radius 3 is 2.95 bits per heavy atom. The van der Waals surface area contributed by atoms with Gasteiger partial charge in [-0.25, -0.2) is 9.59 Å². The Bertz CT molecular complexity index is 535. The molecule has 0 aliphatic carbocycles. The van der Waals surface area contributed by atoms with Crippen molar-refractivity contribution < 1.29 is 19.8 Å². The molecule has 1 aliphatic rings. The van der Waals surface area contributed by atoms with Gasteiger partial charge in [0.15, 0.2) is 0 Å².